The molecule has 5 nitrogen and oxygen atoms in total. The second-order valence-corrected chi connectivity index (χ2v) is 13.5. The summed E-state index contributed by atoms with van der Waals surface area (Å²) >= 11 is 2.19. The minimum absolute atomic E-state index is 0.0101. The number of ether oxygens (including phenoxy) is 2. The lowest BCUT2D eigenvalue weighted by atomic mass is 10.1. The van der Waals surface area contributed by atoms with E-state index in [1.807, 2.05) is 19.9 Å². The Kier molecular flexibility index (Phi) is 5.98. The molecule has 0 atom stereocenters. The van der Waals surface area contributed by atoms with Gasteiger partial charge < -0.3 is 18.8 Å². The maximum atomic E-state index is 13.1. The van der Waals surface area contributed by atoms with E-state index in [4.69, 9.17) is 13.9 Å². The molecule has 0 aromatic heterocycles. The number of hydrogen-bond donors (Lipinski definition) is 0. The molecule has 0 fully saturated rings. The number of amides is 1. The van der Waals surface area contributed by atoms with Gasteiger partial charge in [-0.15, -0.1) is 0 Å². The molecule has 1 heterocycles. The highest BCUT2D eigenvalue weighted by atomic mass is 127. The first kappa shape index (κ1) is 20.4. The average molecular weight is 477 g/mol. The van der Waals surface area contributed by atoms with Crippen molar-refractivity contribution in [2.45, 2.75) is 52.8 Å². The van der Waals surface area contributed by atoms with Crippen molar-refractivity contribution in [3.63, 3.8) is 0 Å². The van der Waals surface area contributed by atoms with Crippen LogP contribution in [0.4, 0.5) is 0 Å². The molecule has 1 aromatic carbocycles. The molecular formula is C18H28INO4Si. The summed E-state index contributed by atoms with van der Waals surface area (Å²) < 4.78 is 18.6. The fourth-order valence-electron chi connectivity index (χ4n) is 2.36. The van der Waals surface area contributed by atoms with Crippen LogP contribution in [0.1, 0.15) is 45.0 Å². The molecule has 0 bridgehead atoms. The van der Waals surface area contributed by atoms with Gasteiger partial charge in [-0.3, -0.25) is 4.79 Å². The van der Waals surface area contributed by atoms with Gasteiger partial charge in [0.15, 0.2) is 11.5 Å². The van der Waals surface area contributed by atoms with Crippen molar-refractivity contribution >= 4 is 36.8 Å². The number of carbonyl (C=O) groups excluding carboxylic acids is 1. The molecule has 2 rings (SSSR count). The SMILES string of the molecule is CCN(CC)C(=O)c1c(I)cc2c(c1O[Si](C)(C)C(C)(C)C)OCO2. The molecule has 0 unspecified atom stereocenters. The summed E-state index contributed by atoms with van der Waals surface area (Å²) in [5.41, 5.74) is 0.582. The van der Waals surface area contributed by atoms with Crippen molar-refractivity contribution in [3.05, 3.63) is 15.2 Å². The van der Waals surface area contributed by atoms with Crippen LogP contribution in [0.3, 0.4) is 0 Å². The molecule has 1 aliphatic heterocycles. The van der Waals surface area contributed by atoms with Gasteiger partial charge in [0.25, 0.3) is 14.2 Å². The van der Waals surface area contributed by atoms with E-state index in [1.54, 1.807) is 4.90 Å². The van der Waals surface area contributed by atoms with Crippen LogP contribution in [-0.4, -0.2) is 39.0 Å². The molecule has 0 aliphatic carbocycles. The summed E-state index contributed by atoms with van der Waals surface area (Å²) in [5, 5.41) is 0.0101. The highest BCUT2D eigenvalue weighted by Gasteiger charge is 2.42. The lowest BCUT2D eigenvalue weighted by molar-refractivity contribution is 0.0769. The third kappa shape index (κ3) is 3.91. The van der Waals surface area contributed by atoms with Crippen molar-refractivity contribution in [2.24, 2.45) is 0 Å². The van der Waals surface area contributed by atoms with Gasteiger partial charge in [0.05, 0.1) is 5.56 Å². The minimum atomic E-state index is -2.15. The van der Waals surface area contributed by atoms with Crippen LogP contribution in [0.15, 0.2) is 6.07 Å². The Hall–Kier alpha value is -0.963. The maximum absolute atomic E-state index is 13.1. The Bertz CT molecular complexity index is 666. The Morgan fingerprint density at radius 1 is 1.28 bits per heavy atom. The summed E-state index contributed by atoms with van der Waals surface area (Å²) in [6.07, 6.45) is 0. The summed E-state index contributed by atoms with van der Waals surface area (Å²) in [6, 6.07) is 1.86. The lowest BCUT2D eigenvalue weighted by Crippen LogP contribution is -2.44. The van der Waals surface area contributed by atoms with Crippen LogP contribution in [0.5, 0.6) is 17.2 Å². The minimum Gasteiger partial charge on any atom is -0.540 e. The predicted molar refractivity (Wildman–Crippen MR) is 110 cm³/mol. The van der Waals surface area contributed by atoms with Crippen molar-refractivity contribution in [1.29, 1.82) is 0 Å². The zero-order chi connectivity index (χ0) is 19.0. The van der Waals surface area contributed by atoms with E-state index in [-0.39, 0.29) is 17.7 Å². The molecule has 140 valence electrons. The fourth-order valence-corrected chi connectivity index (χ4v) is 4.13. The van der Waals surface area contributed by atoms with Crippen LogP contribution in [0.25, 0.3) is 0 Å². The second kappa shape index (κ2) is 7.34. The molecular weight excluding hydrogens is 449 g/mol. The molecule has 0 radical (unpaired) electrons. The molecule has 25 heavy (non-hydrogen) atoms. The zero-order valence-corrected chi connectivity index (χ0v) is 19.3. The van der Waals surface area contributed by atoms with Gasteiger partial charge in [0.2, 0.25) is 12.5 Å². The first-order valence-electron chi connectivity index (χ1n) is 8.63. The Balaban J connectivity index is 2.62. The van der Waals surface area contributed by atoms with Crippen molar-refractivity contribution in [2.75, 3.05) is 19.9 Å². The van der Waals surface area contributed by atoms with Crippen LogP contribution in [0.2, 0.25) is 18.1 Å². The van der Waals surface area contributed by atoms with Gasteiger partial charge in [-0.25, -0.2) is 0 Å². The molecule has 0 saturated carbocycles. The summed E-state index contributed by atoms with van der Waals surface area (Å²) in [7, 11) is -2.15. The van der Waals surface area contributed by atoms with Crippen molar-refractivity contribution < 1.29 is 18.7 Å². The normalized spacial score (nSPS) is 13.8. The number of halogens is 1. The van der Waals surface area contributed by atoms with Gasteiger partial charge in [-0.05, 0) is 60.6 Å². The molecule has 0 saturated heterocycles. The second-order valence-electron chi connectivity index (χ2n) is 7.64. The Labute approximate surface area is 165 Å². The van der Waals surface area contributed by atoms with Crippen LogP contribution in [0, 0.1) is 3.57 Å². The number of benzene rings is 1. The highest BCUT2D eigenvalue weighted by Crippen LogP contribution is 2.49. The smallest absolute Gasteiger partial charge is 0.258 e. The topological polar surface area (TPSA) is 48.0 Å². The van der Waals surface area contributed by atoms with E-state index >= 15 is 0 Å². The number of carbonyl (C=O) groups is 1. The average Bonchev–Trinajstić information content (AvgIpc) is 2.95. The monoisotopic (exact) mass is 477 g/mol. The number of nitrogens with zero attached hydrogens (tertiary/aromatic N) is 1. The first-order valence-corrected chi connectivity index (χ1v) is 12.6. The highest BCUT2D eigenvalue weighted by molar-refractivity contribution is 14.1. The number of hydrogen-bond acceptors (Lipinski definition) is 4. The van der Waals surface area contributed by atoms with Gasteiger partial charge >= 0.3 is 0 Å². The third-order valence-corrected chi connectivity index (χ3v) is 10.2. The first-order chi connectivity index (χ1) is 11.5. The maximum Gasteiger partial charge on any atom is 0.258 e. The summed E-state index contributed by atoms with van der Waals surface area (Å²) in [4.78, 5) is 14.9. The van der Waals surface area contributed by atoms with E-state index < -0.39 is 8.32 Å². The predicted octanol–water partition coefficient (Wildman–Crippen LogP) is 4.89. The van der Waals surface area contributed by atoms with Crippen LogP contribution in [-0.2, 0) is 0 Å². The number of rotatable bonds is 5. The summed E-state index contributed by atoms with van der Waals surface area (Å²) in [6.45, 7) is 16.3. The lowest BCUT2D eigenvalue weighted by Gasteiger charge is -2.37. The largest absolute Gasteiger partial charge is 0.540 e. The summed E-state index contributed by atoms with van der Waals surface area (Å²) in [5.74, 6) is 1.72. The van der Waals surface area contributed by atoms with E-state index in [1.165, 1.54) is 0 Å². The molecule has 1 aromatic rings. The molecule has 0 N–H and O–H groups in total. The van der Waals surface area contributed by atoms with Gasteiger partial charge in [-0.2, -0.15) is 0 Å². The van der Waals surface area contributed by atoms with Gasteiger partial charge in [0.1, 0.15) is 0 Å². The Morgan fingerprint density at radius 2 is 1.88 bits per heavy atom. The zero-order valence-electron chi connectivity index (χ0n) is 16.2. The molecule has 7 heteroatoms. The fraction of sp³-hybridized carbons (Fsp3) is 0.611. The molecule has 1 aliphatic rings. The van der Waals surface area contributed by atoms with Crippen LogP contribution < -0.4 is 13.9 Å². The van der Waals surface area contributed by atoms with E-state index in [0.29, 0.717) is 35.9 Å². The van der Waals surface area contributed by atoms with Gasteiger partial charge in [0, 0.05) is 16.7 Å². The quantitative estimate of drug-likeness (QED) is 0.448. The number of fused-ring (bicyclic) bond motifs is 1. The molecule has 0 spiro atoms. The van der Waals surface area contributed by atoms with E-state index in [2.05, 4.69) is 56.5 Å². The van der Waals surface area contributed by atoms with E-state index in [9.17, 15) is 4.79 Å². The van der Waals surface area contributed by atoms with Crippen molar-refractivity contribution in [3.8, 4) is 17.2 Å². The van der Waals surface area contributed by atoms with Crippen molar-refractivity contribution in [1.82, 2.24) is 4.90 Å². The standard InChI is InChI=1S/C18H28INO4Si/c1-8-20(9-2)17(21)14-12(19)10-13-15(23-11-22-13)16(14)24-25(6,7)18(3,4)5/h10H,8-9,11H2,1-7H3. The third-order valence-electron chi connectivity index (χ3n) is 5.00. The van der Waals surface area contributed by atoms with E-state index in [0.717, 1.165) is 3.57 Å². The molecule has 1 amide bonds. The Morgan fingerprint density at radius 3 is 2.40 bits per heavy atom. The van der Waals surface area contributed by atoms with Crippen LogP contribution >= 0.6 is 22.6 Å². The van der Waals surface area contributed by atoms with Gasteiger partial charge in [-0.1, -0.05) is 20.8 Å².